The van der Waals surface area contributed by atoms with Crippen LogP contribution in [0.2, 0.25) is 10.6 Å². The van der Waals surface area contributed by atoms with Crippen molar-refractivity contribution in [3.05, 3.63) is 0 Å². The molecule has 0 nitrogen and oxygen atoms in total. The monoisotopic (exact) mass is 192 g/mol. The summed E-state index contributed by atoms with van der Waals surface area (Å²) in [5.74, 6) is 2.03. The van der Waals surface area contributed by atoms with E-state index in [0.29, 0.717) is 0 Å². The summed E-state index contributed by atoms with van der Waals surface area (Å²) in [6.45, 7) is 4.73. The molecule has 0 N–H and O–H groups in total. The average Bonchev–Trinajstić information content (AvgIpc) is 1.90. The van der Waals surface area contributed by atoms with E-state index in [0.717, 1.165) is 26.8 Å². The summed E-state index contributed by atoms with van der Waals surface area (Å²) in [5.41, 5.74) is 0. The van der Waals surface area contributed by atoms with E-state index in [4.69, 9.17) is 0 Å². The van der Waals surface area contributed by atoms with E-state index in [1.807, 2.05) is 0 Å². The topological polar surface area (TPSA) is 0 Å². The molecule has 0 aromatic heterocycles. The van der Waals surface area contributed by atoms with E-state index in [2.05, 4.69) is 13.8 Å². The molecule has 1 rings (SSSR count). The van der Waals surface area contributed by atoms with E-state index in [-0.39, 0.29) is 0 Å². The zero-order valence-corrected chi connectivity index (χ0v) is 8.10. The third-order valence-corrected chi connectivity index (χ3v) is 4.74. The third-order valence-electron chi connectivity index (χ3n) is 2.14. The molecule has 9 heavy (non-hydrogen) atoms. The van der Waals surface area contributed by atoms with Crippen molar-refractivity contribution in [3.8, 4) is 0 Å². The molecule has 0 amide bonds. The molecule has 0 bridgehead atoms. The molecule has 0 unspecified atom stereocenters. The minimum absolute atomic E-state index is 0.951. The molecule has 0 spiro atoms. The van der Waals surface area contributed by atoms with Gasteiger partial charge in [0, 0.05) is 0 Å². The van der Waals surface area contributed by atoms with E-state index in [9.17, 15) is 0 Å². The van der Waals surface area contributed by atoms with Crippen molar-refractivity contribution in [1.29, 1.82) is 0 Å². The van der Waals surface area contributed by atoms with Gasteiger partial charge in [-0.05, 0) is 0 Å². The predicted molar refractivity (Wildman–Crippen MR) is 42.9 cm³/mol. The van der Waals surface area contributed by atoms with Gasteiger partial charge in [-0.1, -0.05) is 0 Å². The first-order chi connectivity index (χ1) is 4.30. The Bertz CT molecular complexity index is 72.6. The van der Waals surface area contributed by atoms with E-state index in [1.54, 1.807) is 10.6 Å². The first-order valence-electron chi connectivity index (χ1n) is 3.88. The molecular weight excluding hydrogens is 175 g/mol. The van der Waals surface area contributed by atoms with Crippen LogP contribution in [0, 0.1) is 11.8 Å². The Morgan fingerprint density at radius 1 is 1.44 bits per heavy atom. The van der Waals surface area contributed by atoms with Gasteiger partial charge in [0.25, 0.3) is 0 Å². The quantitative estimate of drug-likeness (QED) is 0.559. The molecule has 0 aromatic carbocycles. The normalized spacial score (nSPS) is 29.0. The second-order valence-electron chi connectivity index (χ2n) is 3.22. The summed E-state index contributed by atoms with van der Waals surface area (Å²) in [6.07, 6.45) is 3.03. The SMILES string of the molecule is CC(C)[C@H]1CCC[Se]C1. The maximum atomic E-state index is 2.37. The van der Waals surface area contributed by atoms with Crippen molar-refractivity contribution in [2.45, 2.75) is 37.3 Å². The van der Waals surface area contributed by atoms with Gasteiger partial charge in [-0.15, -0.1) is 0 Å². The fraction of sp³-hybridized carbons (Fsp3) is 1.00. The molecule has 54 valence electrons. The molecular formula is C8H16Se. The summed E-state index contributed by atoms with van der Waals surface area (Å²) >= 11 is 1.01. The van der Waals surface area contributed by atoms with Gasteiger partial charge < -0.3 is 0 Å². The van der Waals surface area contributed by atoms with Crippen LogP contribution in [0.1, 0.15) is 26.7 Å². The molecule has 1 aliphatic heterocycles. The molecule has 0 saturated carbocycles. The van der Waals surface area contributed by atoms with Crippen LogP contribution in [-0.4, -0.2) is 15.0 Å². The van der Waals surface area contributed by atoms with Crippen LogP contribution in [0.5, 0.6) is 0 Å². The Labute approximate surface area is 64.6 Å². The van der Waals surface area contributed by atoms with E-state index in [1.165, 1.54) is 12.8 Å². The van der Waals surface area contributed by atoms with Crippen molar-refractivity contribution in [3.63, 3.8) is 0 Å². The van der Waals surface area contributed by atoms with Gasteiger partial charge in [0.05, 0.1) is 0 Å². The van der Waals surface area contributed by atoms with Gasteiger partial charge in [-0.3, -0.25) is 0 Å². The fourth-order valence-corrected chi connectivity index (χ4v) is 4.21. The molecule has 1 heterocycles. The van der Waals surface area contributed by atoms with Crippen molar-refractivity contribution in [1.82, 2.24) is 0 Å². The average molecular weight is 191 g/mol. The fourth-order valence-electron chi connectivity index (χ4n) is 1.29. The van der Waals surface area contributed by atoms with Crippen LogP contribution in [0.3, 0.4) is 0 Å². The van der Waals surface area contributed by atoms with Gasteiger partial charge >= 0.3 is 64.1 Å². The summed E-state index contributed by atoms with van der Waals surface area (Å²) in [7, 11) is 0. The van der Waals surface area contributed by atoms with Gasteiger partial charge in [0.2, 0.25) is 0 Å². The summed E-state index contributed by atoms with van der Waals surface area (Å²) in [6, 6.07) is 0. The van der Waals surface area contributed by atoms with Crippen LogP contribution in [0.15, 0.2) is 0 Å². The van der Waals surface area contributed by atoms with Crippen molar-refractivity contribution in [2.75, 3.05) is 0 Å². The summed E-state index contributed by atoms with van der Waals surface area (Å²) in [4.78, 5) is 0. The Hall–Kier alpha value is 0.519. The van der Waals surface area contributed by atoms with Crippen LogP contribution >= 0.6 is 0 Å². The van der Waals surface area contributed by atoms with Crippen molar-refractivity contribution >= 4 is 15.0 Å². The van der Waals surface area contributed by atoms with Gasteiger partial charge in [0.15, 0.2) is 0 Å². The maximum absolute atomic E-state index is 2.37. The Morgan fingerprint density at radius 2 is 2.22 bits per heavy atom. The number of rotatable bonds is 1. The second-order valence-corrected chi connectivity index (χ2v) is 5.63. The Kier molecular flexibility index (Phi) is 3.08. The standard InChI is InChI=1S/C8H16Se/c1-7(2)8-4-3-5-9-6-8/h7-8H,3-6H2,1-2H3/t8-/m0/s1. The number of hydrogen-bond donors (Lipinski definition) is 0. The molecule has 1 atom stereocenters. The molecule has 1 saturated heterocycles. The zero-order valence-electron chi connectivity index (χ0n) is 6.39. The molecule has 1 aliphatic rings. The molecule has 0 aliphatic carbocycles. The van der Waals surface area contributed by atoms with Crippen LogP contribution in [-0.2, 0) is 0 Å². The summed E-state index contributed by atoms with van der Waals surface area (Å²) in [5, 5.41) is 3.11. The molecule has 0 aromatic rings. The molecule has 0 radical (unpaired) electrons. The molecule has 1 fully saturated rings. The first kappa shape index (κ1) is 7.62. The van der Waals surface area contributed by atoms with E-state index >= 15 is 0 Å². The van der Waals surface area contributed by atoms with Crippen molar-refractivity contribution in [2.24, 2.45) is 11.8 Å². The van der Waals surface area contributed by atoms with Crippen LogP contribution < -0.4 is 0 Å². The third kappa shape index (κ3) is 2.31. The Balaban J connectivity index is 2.23. The first-order valence-corrected chi connectivity index (χ1v) is 6.30. The van der Waals surface area contributed by atoms with Gasteiger partial charge in [-0.2, -0.15) is 0 Å². The number of hydrogen-bond acceptors (Lipinski definition) is 0. The zero-order chi connectivity index (χ0) is 6.69. The second kappa shape index (κ2) is 3.63. The van der Waals surface area contributed by atoms with E-state index < -0.39 is 0 Å². The van der Waals surface area contributed by atoms with Crippen molar-refractivity contribution < 1.29 is 0 Å². The summed E-state index contributed by atoms with van der Waals surface area (Å²) < 4.78 is 0. The van der Waals surface area contributed by atoms with Gasteiger partial charge in [-0.25, -0.2) is 0 Å². The predicted octanol–water partition coefficient (Wildman–Crippen LogP) is 2.59. The van der Waals surface area contributed by atoms with Crippen LogP contribution in [0.4, 0.5) is 0 Å². The minimum atomic E-state index is 0.951. The van der Waals surface area contributed by atoms with Gasteiger partial charge in [0.1, 0.15) is 0 Å². The molecule has 1 heteroatoms. The Morgan fingerprint density at radius 3 is 2.56 bits per heavy atom. The van der Waals surface area contributed by atoms with Crippen LogP contribution in [0.25, 0.3) is 0 Å².